The highest BCUT2D eigenvalue weighted by atomic mass is 16.5. The van der Waals surface area contributed by atoms with Crippen molar-refractivity contribution in [2.24, 2.45) is 5.92 Å². The maximum absolute atomic E-state index is 13.6. The van der Waals surface area contributed by atoms with Crippen LogP contribution in [-0.4, -0.2) is 36.3 Å². The second-order valence-electron chi connectivity index (χ2n) is 13.6. The standard InChI is InChI=1S/C33H46N2O3/c1-22-26(31(36)34-24-10-15-37-16-11-24)21-35(29(22)18-23-8-6-5-7-9-23)25-19-27(32(2,3)4)30-28(20-25)33(12-13-33)14-17-38-30/h19-21,23-24H,5-18H2,1-4H3,(H,34,36). The predicted octanol–water partition coefficient (Wildman–Crippen LogP) is 6.93. The summed E-state index contributed by atoms with van der Waals surface area (Å²) < 4.78 is 14.3. The Morgan fingerprint density at radius 2 is 1.76 bits per heavy atom. The molecule has 3 heterocycles. The van der Waals surface area contributed by atoms with Gasteiger partial charge < -0.3 is 19.4 Å². The lowest BCUT2D eigenvalue weighted by molar-refractivity contribution is 0.0696. The van der Waals surface area contributed by atoms with Crippen molar-refractivity contribution in [1.82, 2.24) is 9.88 Å². The number of rotatable bonds is 5. The molecule has 0 bridgehead atoms. The molecule has 3 fully saturated rings. The van der Waals surface area contributed by atoms with E-state index in [0.717, 1.165) is 62.4 Å². The fourth-order valence-electron chi connectivity index (χ4n) is 7.13. The molecule has 2 aromatic rings. The quantitative estimate of drug-likeness (QED) is 0.467. The van der Waals surface area contributed by atoms with Crippen molar-refractivity contribution < 1.29 is 14.3 Å². The van der Waals surface area contributed by atoms with Crippen LogP contribution < -0.4 is 10.1 Å². The van der Waals surface area contributed by atoms with Gasteiger partial charge >= 0.3 is 0 Å². The van der Waals surface area contributed by atoms with E-state index in [1.54, 1.807) is 0 Å². The lowest BCUT2D eigenvalue weighted by Gasteiger charge is -2.33. The minimum atomic E-state index is -0.0253. The molecule has 5 heteroatoms. The van der Waals surface area contributed by atoms with E-state index in [-0.39, 0.29) is 17.4 Å². The summed E-state index contributed by atoms with van der Waals surface area (Å²) in [6.07, 6.45) is 15.2. The topological polar surface area (TPSA) is 52.5 Å². The molecule has 2 aliphatic heterocycles. The van der Waals surface area contributed by atoms with Crippen LogP contribution in [0.4, 0.5) is 0 Å². The Bertz CT molecular complexity index is 1170. The molecule has 206 valence electrons. The Morgan fingerprint density at radius 3 is 2.45 bits per heavy atom. The number of ether oxygens (including phenoxy) is 2. The fourth-order valence-corrected chi connectivity index (χ4v) is 7.13. The van der Waals surface area contributed by atoms with Gasteiger partial charge in [0.2, 0.25) is 0 Å². The zero-order valence-electron chi connectivity index (χ0n) is 24.0. The van der Waals surface area contributed by atoms with Gasteiger partial charge in [0, 0.05) is 53.4 Å². The van der Waals surface area contributed by atoms with Crippen LogP contribution in [0.5, 0.6) is 5.75 Å². The number of aromatic nitrogens is 1. The predicted molar refractivity (Wildman–Crippen MR) is 152 cm³/mol. The van der Waals surface area contributed by atoms with Crippen molar-refractivity contribution in [3.05, 3.63) is 46.3 Å². The maximum atomic E-state index is 13.6. The molecule has 2 saturated carbocycles. The van der Waals surface area contributed by atoms with Gasteiger partial charge in [-0.25, -0.2) is 0 Å². The number of hydrogen-bond donors (Lipinski definition) is 1. The monoisotopic (exact) mass is 518 g/mol. The lowest BCUT2D eigenvalue weighted by Crippen LogP contribution is -2.39. The first-order chi connectivity index (χ1) is 18.2. The van der Waals surface area contributed by atoms with Crippen molar-refractivity contribution in [1.29, 1.82) is 0 Å². The Balaban J connectivity index is 1.44. The van der Waals surface area contributed by atoms with Crippen LogP contribution in [0.25, 0.3) is 5.69 Å². The molecule has 1 spiro atoms. The van der Waals surface area contributed by atoms with E-state index >= 15 is 0 Å². The molecule has 0 unspecified atom stereocenters. The molecular formula is C33H46N2O3. The molecule has 6 rings (SSSR count). The minimum absolute atomic E-state index is 0.0253. The highest BCUT2D eigenvalue weighted by molar-refractivity contribution is 5.96. The summed E-state index contributed by atoms with van der Waals surface area (Å²) in [5.41, 5.74) is 7.44. The summed E-state index contributed by atoms with van der Waals surface area (Å²) in [5.74, 6) is 1.88. The molecule has 1 saturated heterocycles. The average Bonchev–Trinajstić information content (AvgIpc) is 3.60. The Labute approximate surface area is 228 Å². The first-order valence-electron chi connectivity index (χ1n) is 15.2. The van der Waals surface area contributed by atoms with Crippen molar-refractivity contribution in [3.8, 4) is 11.4 Å². The molecule has 0 radical (unpaired) electrons. The van der Waals surface area contributed by atoms with Crippen LogP contribution in [0.1, 0.15) is 118 Å². The number of nitrogens with one attached hydrogen (secondary N) is 1. The number of amides is 1. The van der Waals surface area contributed by atoms with Gasteiger partial charge in [-0.1, -0.05) is 52.9 Å². The van der Waals surface area contributed by atoms with Crippen molar-refractivity contribution in [2.45, 2.75) is 115 Å². The number of hydrogen-bond acceptors (Lipinski definition) is 3. The zero-order chi connectivity index (χ0) is 26.5. The molecule has 4 aliphatic rings. The van der Waals surface area contributed by atoms with E-state index in [2.05, 4.69) is 55.9 Å². The average molecular weight is 519 g/mol. The van der Waals surface area contributed by atoms with E-state index < -0.39 is 0 Å². The second-order valence-corrected chi connectivity index (χ2v) is 13.6. The van der Waals surface area contributed by atoms with E-state index in [0.29, 0.717) is 11.3 Å². The van der Waals surface area contributed by atoms with Crippen molar-refractivity contribution in [3.63, 3.8) is 0 Å². The van der Waals surface area contributed by atoms with Crippen LogP contribution in [0.3, 0.4) is 0 Å². The van der Waals surface area contributed by atoms with Crippen LogP contribution in [-0.2, 0) is 22.0 Å². The van der Waals surface area contributed by atoms with Gasteiger partial charge in [0.25, 0.3) is 5.91 Å². The van der Waals surface area contributed by atoms with Crippen molar-refractivity contribution in [2.75, 3.05) is 19.8 Å². The molecule has 1 amide bonds. The summed E-state index contributed by atoms with van der Waals surface area (Å²) in [6, 6.07) is 4.95. The van der Waals surface area contributed by atoms with Gasteiger partial charge in [0.05, 0.1) is 12.2 Å². The number of fused-ring (bicyclic) bond motifs is 2. The van der Waals surface area contributed by atoms with Gasteiger partial charge in [-0.3, -0.25) is 4.79 Å². The van der Waals surface area contributed by atoms with E-state index in [9.17, 15) is 4.79 Å². The molecule has 1 aromatic carbocycles. The highest BCUT2D eigenvalue weighted by Crippen LogP contribution is 2.58. The Morgan fingerprint density at radius 1 is 1.03 bits per heavy atom. The van der Waals surface area contributed by atoms with Crippen LogP contribution in [0, 0.1) is 12.8 Å². The number of carbonyl (C=O) groups is 1. The zero-order valence-corrected chi connectivity index (χ0v) is 24.0. The van der Waals surface area contributed by atoms with Gasteiger partial charge in [-0.15, -0.1) is 0 Å². The van der Waals surface area contributed by atoms with Gasteiger partial charge in [-0.05, 0) is 74.5 Å². The molecule has 38 heavy (non-hydrogen) atoms. The van der Waals surface area contributed by atoms with E-state index in [1.165, 1.54) is 67.5 Å². The number of benzene rings is 1. The SMILES string of the molecule is Cc1c(C(=O)NC2CCOCC2)cn(-c2cc(C(C)(C)C)c3c(c2)C2(CCO3)CC2)c1CC1CCCCC1. The number of nitrogens with zero attached hydrogens (tertiary/aromatic N) is 1. The van der Waals surface area contributed by atoms with Gasteiger partial charge in [-0.2, -0.15) is 0 Å². The first-order valence-corrected chi connectivity index (χ1v) is 15.2. The lowest BCUT2D eigenvalue weighted by atomic mass is 9.80. The third-order valence-corrected chi connectivity index (χ3v) is 9.81. The summed E-state index contributed by atoms with van der Waals surface area (Å²) in [7, 11) is 0. The largest absolute Gasteiger partial charge is 0.493 e. The summed E-state index contributed by atoms with van der Waals surface area (Å²) >= 11 is 0. The molecular weight excluding hydrogens is 472 g/mol. The second kappa shape index (κ2) is 10.0. The van der Waals surface area contributed by atoms with Crippen LogP contribution in [0.15, 0.2) is 18.3 Å². The smallest absolute Gasteiger partial charge is 0.253 e. The third-order valence-electron chi connectivity index (χ3n) is 9.81. The van der Waals surface area contributed by atoms with Crippen molar-refractivity contribution >= 4 is 5.91 Å². The normalized spacial score (nSPS) is 21.7. The third kappa shape index (κ3) is 4.92. The molecule has 2 aliphatic carbocycles. The minimum Gasteiger partial charge on any atom is -0.493 e. The first kappa shape index (κ1) is 26.0. The molecule has 1 aromatic heterocycles. The Hall–Kier alpha value is -2.27. The van der Waals surface area contributed by atoms with Gasteiger partial charge in [0.15, 0.2) is 0 Å². The molecule has 5 nitrogen and oxygen atoms in total. The number of carbonyl (C=O) groups excluding carboxylic acids is 1. The van der Waals surface area contributed by atoms with Crippen LogP contribution >= 0.6 is 0 Å². The fraction of sp³-hybridized carbons (Fsp3) is 0.667. The highest BCUT2D eigenvalue weighted by Gasteiger charge is 2.49. The molecule has 0 atom stereocenters. The van der Waals surface area contributed by atoms with E-state index in [4.69, 9.17) is 9.47 Å². The summed E-state index contributed by atoms with van der Waals surface area (Å²) in [5, 5.41) is 3.33. The van der Waals surface area contributed by atoms with E-state index in [1.807, 2.05) is 0 Å². The van der Waals surface area contributed by atoms with Crippen LogP contribution in [0.2, 0.25) is 0 Å². The maximum Gasteiger partial charge on any atom is 0.253 e. The van der Waals surface area contributed by atoms with Gasteiger partial charge in [0.1, 0.15) is 5.75 Å². The Kier molecular flexibility index (Phi) is 6.86. The summed E-state index contributed by atoms with van der Waals surface area (Å²) in [6.45, 7) is 11.3. The summed E-state index contributed by atoms with van der Waals surface area (Å²) in [4.78, 5) is 13.6. The molecule has 1 N–H and O–H groups in total.